The number of anilines is 1. The van der Waals surface area contributed by atoms with E-state index in [1.165, 1.54) is 13.2 Å². The third kappa shape index (κ3) is 4.75. The molecule has 9 nitrogen and oxygen atoms in total. The van der Waals surface area contributed by atoms with Gasteiger partial charge in [0.15, 0.2) is 17.3 Å². The molecule has 2 aliphatic rings. The Morgan fingerprint density at radius 3 is 2.77 bits per heavy atom. The Labute approximate surface area is 179 Å². The van der Waals surface area contributed by atoms with Crippen molar-refractivity contribution in [2.45, 2.75) is 6.61 Å². The summed E-state index contributed by atoms with van der Waals surface area (Å²) in [5.41, 5.74) is 1.57. The molecule has 2 aliphatic heterocycles. The average Bonchev–Trinajstić information content (AvgIpc) is 2.77. The zero-order chi connectivity index (χ0) is 21.8. The summed E-state index contributed by atoms with van der Waals surface area (Å²) in [6.07, 6.45) is 8.27. The maximum absolute atomic E-state index is 12.9. The molecule has 31 heavy (non-hydrogen) atoms. The molecule has 0 bridgehead atoms. The summed E-state index contributed by atoms with van der Waals surface area (Å²) in [5.74, 6) is 0.519. The normalized spacial score (nSPS) is 16.6. The van der Waals surface area contributed by atoms with Crippen molar-refractivity contribution in [1.29, 1.82) is 0 Å². The lowest BCUT2D eigenvalue weighted by Gasteiger charge is -2.28. The van der Waals surface area contributed by atoms with Crippen molar-refractivity contribution in [1.82, 2.24) is 9.88 Å². The number of hydrogen-bond acceptors (Lipinski definition) is 7. The van der Waals surface area contributed by atoms with Gasteiger partial charge in [-0.15, -0.1) is 4.40 Å². The summed E-state index contributed by atoms with van der Waals surface area (Å²) < 4.78 is 38.8. The summed E-state index contributed by atoms with van der Waals surface area (Å²) in [6, 6.07) is 8.68. The quantitative estimate of drug-likeness (QED) is 0.732. The lowest BCUT2D eigenvalue weighted by atomic mass is 10.1. The van der Waals surface area contributed by atoms with E-state index < -0.39 is 15.9 Å². The number of aromatic nitrogens is 1. The van der Waals surface area contributed by atoms with Crippen LogP contribution in [0.2, 0.25) is 0 Å². The lowest BCUT2D eigenvalue weighted by Crippen LogP contribution is -2.40. The molecule has 0 fully saturated rings. The number of ether oxygens (including phenoxy) is 2. The first kappa shape index (κ1) is 20.6. The number of methoxy groups -OCH3 is 1. The van der Waals surface area contributed by atoms with E-state index in [9.17, 15) is 13.2 Å². The molecule has 4 rings (SSSR count). The zero-order valence-electron chi connectivity index (χ0n) is 16.7. The number of hydrogen-bond donors (Lipinski definition) is 1. The highest BCUT2D eigenvalue weighted by atomic mass is 32.2. The summed E-state index contributed by atoms with van der Waals surface area (Å²) in [7, 11) is -2.06. The molecular weight excluding hydrogens is 420 g/mol. The number of carbonyl (C=O) groups excluding carboxylic acids is 1. The number of allylic oxidation sites excluding steroid dienone is 2. The first-order valence-corrected chi connectivity index (χ1v) is 11.1. The van der Waals surface area contributed by atoms with Gasteiger partial charge in [-0.25, -0.2) is 8.42 Å². The fourth-order valence-corrected chi connectivity index (χ4v) is 4.08. The maximum atomic E-state index is 12.9. The van der Waals surface area contributed by atoms with Gasteiger partial charge >= 0.3 is 0 Å². The van der Waals surface area contributed by atoms with Gasteiger partial charge in [-0.05, 0) is 42.0 Å². The molecule has 10 heteroatoms. The van der Waals surface area contributed by atoms with Crippen LogP contribution in [0.25, 0.3) is 0 Å². The number of amides is 1. The SMILES string of the molecule is COc1ccc(NC(=O)C2=CC=CN3CCS(=O)(=O)N=C23)cc1OCc1ccncc1. The summed E-state index contributed by atoms with van der Waals surface area (Å²) in [6.45, 7) is 0.549. The highest BCUT2D eigenvalue weighted by Crippen LogP contribution is 2.31. The number of pyridine rings is 1. The van der Waals surface area contributed by atoms with Crippen LogP contribution in [0.1, 0.15) is 5.56 Å². The summed E-state index contributed by atoms with van der Waals surface area (Å²) in [4.78, 5) is 18.5. The summed E-state index contributed by atoms with van der Waals surface area (Å²) in [5, 5.41) is 2.77. The van der Waals surface area contributed by atoms with Crippen molar-refractivity contribution in [2.24, 2.45) is 4.40 Å². The molecule has 3 heterocycles. The second-order valence-electron chi connectivity index (χ2n) is 6.78. The third-order valence-corrected chi connectivity index (χ3v) is 5.82. The number of rotatable bonds is 6. The standard InChI is InChI=1S/C21H20N4O5S/c1-29-18-5-4-16(13-19(18)30-14-15-6-8-22-9-7-15)23-21(26)17-3-2-10-25-11-12-31(27,28)24-20(17)25/h2-10,13H,11-12,14H2,1H3,(H,23,26). The van der Waals surface area contributed by atoms with Crippen LogP contribution in [0.5, 0.6) is 11.5 Å². The molecule has 0 radical (unpaired) electrons. The molecule has 0 atom stereocenters. The minimum atomic E-state index is -3.59. The Morgan fingerprint density at radius 2 is 2.00 bits per heavy atom. The first-order valence-electron chi connectivity index (χ1n) is 9.44. The van der Waals surface area contributed by atoms with Gasteiger partial charge in [0.2, 0.25) is 0 Å². The summed E-state index contributed by atoms with van der Waals surface area (Å²) >= 11 is 0. The number of amidine groups is 1. The largest absolute Gasteiger partial charge is 0.493 e. The zero-order valence-corrected chi connectivity index (χ0v) is 17.5. The van der Waals surface area contributed by atoms with E-state index in [-0.39, 0.29) is 23.7 Å². The Hall–Kier alpha value is -3.66. The number of nitrogens with one attached hydrogen (secondary N) is 1. The monoisotopic (exact) mass is 440 g/mol. The highest BCUT2D eigenvalue weighted by molar-refractivity contribution is 7.90. The maximum Gasteiger partial charge on any atom is 0.259 e. The van der Waals surface area contributed by atoms with Crippen LogP contribution in [-0.2, 0) is 21.4 Å². The topological polar surface area (TPSA) is 110 Å². The van der Waals surface area contributed by atoms with Gasteiger partial charge in [-0.3, -0.25) is 9.78 Å². The molecule has 1 amide bonds. The van der Waals surface area contributed by atoms with Gasteiger partial charge in [-0.1, -0.05) is 0 Å². The third-order valence-electron chi connectivity index (χ3n) is 4.67. The molecule has 0 saturated heterocycles. The van der Waals surface area contributed by atoms with Gasteiger partial charge in [-0.2, -0.15) is 0 Å². The Morgan fingerprint density at radius 1 is 1.19 bits per heavy atom. The number of carbonyl (C=O) groups is 1. The molecule has 0 unspecified atom stereocenters. The predicted octanol–water partition coefficient (Wildman–Crippen LogP) is 2.11. The van der Waals surface area contributed by atoms with Crippen molar-refractivity contribution in [3.63, 3.8) is 0 Å². The molecule has 2 aromatic rings. The Balaban J connectivity index is 1.53. The number of benzene rings is 1. The van der Waals surface area contributed by atoms with E-state index in [1.54, 1.807) is 47.8 Å². The van der Waals surface area contributed by atoms with Crippen molar-refractivity contribution in [2.75, 3.05) is 24.7 Å². The van der Waals surface area contributed by atoms with Gasteiger partial charge < -0.3 is 19.7 Å². The Bertz CT molecular complexity index is 1190. The molecule has 1 aromatic heterocycles. The highest BCUT2D eigenvalue weighted by Gasteiger charge is 2.30. The van der Waals surface area contributed by atoms with Crippen LogP contribution in [0.3, 0.4) is 0 Å². The second kappa shape index (κ2) is 8.60. The van der Waals surface area contributed by atoms with E-state index in [0.29, 0.717) is 23.8 Å². The number of sulfonamides is 1. The lowest BCUT2D eigenvalue weighted by molar-refractivity contribution is -0.112. The van der Waals surface area contributed by atoms with Crippen LogP contribution >= 0.6 is 0 Å². The second-order valence-corrected chi connectivity index (χ2v) is 8.53. The molecule has 1 aromatic carbocycles. The van der Waals surface area contributed by atoms with E-state index in [4.69, 9.17) is 9.47 Å². The van der Waals surface area contributed by atoms with E-state index in [0.717, 1.165) is 5.56 Å². The molecule has 0 spiro atoms. The van der Waals surface area contributed by atoms with Crippen LogP contribution in [0.15, 0.2) is 71.0 Å². The predicted molar refractivity (Wildman–Crippen MR) is 115 cm³/mol. The van der Waals surface area contributed by atoms with Crippen molar-refractivity contribution in [3.05, 3.63) is 72.2 Å². The molecule has 0 saturated carbocycles. The van der Waals surface area contributed by atoms with Crippen molar-refractivity contribution < 1.29 is 22.7 Å². The number of fused-ring (bicyclic) bond motifs is 1. The first-order chi connectivity index (χ1) is 14.9. The van der Waals surface area contributed by atoms with E-state index in [2.05, 4.69) is 14.7 Å². The van der Waals surface area contributed by atoms with Crippen LogP contribution in [0.4, 0.5) is 5.69 Å². The van der Waals surface area contributed by atoms with Gasteiger partial charge in [0.1, 0.15) is 6.61 Å². The van der Waals surface area contributed by atoms with Gasteiger partial charge in [0, 0.05) is 36.9 Å². The minimum absolute atomic E-state index is 0.0909. The fourth-order valence-electron chi connectivity index (χ4n) is 3.10. The minimum Gasteiger partial charge on any atom is -0.493 e. The number of nitrogens with zero attached hydrogens (tertiary/aromatic N) is 3. The fraction of sp³-hybridized carbons (Fsp3) is 0.190. The molecule has 160 valence electrons. The van der Waals surface area contributed by atoms with Crippen LogP contribution in [0, 0.1) is 0 Å². The van der Waals surface area contributed by atoms with Crippen molar-refractivity contribution >= 4 is 27.5 Å². The molecule has 1 N–H and O–H groups in total. The van der Waals surface area contributed by atoms with E-state index in [1.807, 2.05) is 12.1 Å². The molecular formula is C21H20N4O5S. The van der Waals surface area contributed by atoms with Gasteiger partial charge in [0.05, 0.1) is 18.4 Å². The molecule has 0 aliphatic carbocycles. The van der Waals surface area contributed by atoms with Gasteiger partial charge in [0.25, 0.3) is 15.9 Å². The van der Waals surface area contributed by atoms with Crippen LogP contribution in [-0.4, -0.2) is 49.5 Å². The van der Waals surface area contributed by atoms with E-state index >= 15 is 0 Å². The smallest absolute Gasteiger partial charge is 0.259 e. The van der Waals surface area contributed by atoms with Crippen LogP contribution < -0.4 is 14.8 Å². The average molecular weight is 440 g/mol. The van der Waals surface area contributed by atoms with Crippen molar-refractivity contribution in [3.8, 4) is 11.5 Å². The Kier molecular flexibility index (Phi) is 5.72.